The molecular formula is C30H28ClNO6. The lowest BCUT2D eigenvalue weighted by Gasteiger charge is -2.50. The summed E-state index contributed by atoms with van der Waals surface area (Å²) >= 11 is 6.68. The standard InChI is InChI=1S/C30H28ClNO6/c1-13-11-19(33)25-26(32)23-16(7-6-8-20(23)34-3)30-29(25,24(13)14(2)37-30)17-10-9-15-21(35-4)12-18(31)28(36-5)22(15)27(17)38-30/h6-10,12-14,24H,11,32H2,1-5H3/t13-,14-,24-,29+,30+/m1/s1. The van der Waals surface area contributed by atoms with Crippen LogP contribution in [0.5, 0.6) is 23.0 Å². The lowest BCUT2D eigenvalue weighted by Crippen LogP contribution is -2.58. The number of fused-ring (bicyclic) bond motifs is 4. The van der Waals surface area contributed by atoms with Crippen molar-refractivity contribution >= 4 is 33.9 Å². The molecule has 3 aromatic carbocycles. The van der Waals surface area contributed by atoms with Gasteiger partial charge in [0.1, 0.15) is 28.4 Å². The number of benzene rings is 3. The zero-order chi connectivity index (χ0) is 26.7. The number of rotatable bonds is 3. The SMILES string of the molecule is COc1cccc2c1C(N)=C1C(=O)C[C@@H](C)[C@@H]3[C@@H](C)O[C@]24Oc2c(ccc5c(OC)cc(Cl)c(OC)c25)[C@@]134. The third-order valence-electron chi connectivity index (χ3n) is 9.03. The Kier molecular flexibility index (Phi) is 4.72. The van der Waals surface area contributed by atoms with Gasteiger partial charge in [0.05, 0.1) is 43.5 Å². The van der Waals surface area contributed by atoms with Crippen LogP contribution in [0.2, 0.25) is 5.02 Å². The van der Waals surface area contributed by atoms with Crippen LogP contribution in [-0.4, -0.2) is 33.2 Å². The first-order valence-electron chi connectivity index (χ1n) is 12.7. The highest BCUT2D eigenvalue weighted by Gasteiger charge is 2.79. The third kappa shape index (κ3) is 2.39. The lowest BCUT2D eigenvalue weighted by atomic mass is 9.50. The van der Waals surface area contributed by atoms with Crippen LogP contribution in [-0.2, 0) is 20.7 Å². The lowest BCUT2D eigenvalue weighted by molar-refractivity contribution is -0.188. The number of carbonyl (C=O) groups is 1. The van der Waals surface area contributed by atoms with E-state index in [1.165, 1.54) is 0 Å². The molecule has 0 amide bonds. The number of halogens is 1. The molecule has 7 rings (SSSR count). The summed E-state index contributed by atoms with van der Waals surface area (Å²) in [6, 6.07) is 11.4. The Labute approximate surface area is 225 Å². The Hall–Kier alpha value is -3.42. The number of Topliss-reactive ketones (excluding diaryl/α,β-unsaturated/α-hetero) is 1. The van der Waals surface area contributed by atoms with Crippen molar-refractivity contribution in [3.63, 3.8) is 0 Å². The average Bonchev–Trinajstić information content (AvgIpc) is 3.33. The van der Waals surface area contributed by atoms with E-state index in [9.17, 15) is 4.79 Å². The molecule has 2 heterocycles. The first-order valence-corrected chi connectivity index (χ1v) is 13.1. The molecule has 1 saturated heterocycles. The molecule has 4 aliphatic rings. The van der Waals surface area contributed by atoms with E-state index in [1.54, 1.807) is 27.4 Å². The van der Waals surface area contributed by atoms with Gasteiger partial charge < -0.3 is 29.4 Å². The van der Waals surface area contributed by atoms with Gasteiger partial charge in [0.2, 0.25) is 0 Å². The van der Waals surface area contributed by atoms with E-state index in [2.05, 4.69) is 13.8 Å². The second-order valence-electron chi connectivity index (χ2n) is 10.6. The van der Waals surface area contributed by atoms with Gasteiger partial charge in [0.15, 0.2) is 5.78 Å². The van der Waals surface area contributed by atoms with E-state index in [4.69, 9.17) is 41.0 Å². The van der Waals surface area contributed by atoms with Gasteiger partial charge in [-0.1, -0.05) is 36.7 Å². The predicted octanol–water partition coefficient (Wildman–Crippen LogP) is 5.33. The van der Waals surface area contributed by atoms with Crippen LogP contribution >= 0.6 is 11.6 Å². The first kappa shape index (κ1) is 23.7. The monoisotopic (exact) mass is 533 g/mol. The van der Waals surface area contributed by atoms with Gasteiger partial charge in [0, 0.05) is 46.1 Å². The fraction of sp³-hybridized carbons (Fsp3) is 0.367. The smallest absolute Gasteiger partial charge is 0.253 e. The van der Waals surface area contributed by atoms with Crippen molar-refractivity contribution in [1.82, 2.24) is 0 Å². The highest BCUT2D eigenvalue weighted by molar-refractivity contribution is 6.34. The van der Waals surface area contributed by atoms with Crippen molar-refractivity contribution < 1.29 is 28.5 Å². The molecule has 0 radical (unpaired) electrons. The van der Waals surface area contributed by atoms with E-state index in [0.717, 1.165) is 16.5 Å². The molecule has 0 aromatic heterocycles. The molecule has 2 N–H and O–H groups in total. The second-order valence-corrected chi connectivity index (χ2v) is 11.0. The van der Waals surface area contributed by atoms with Crippen molar-refractivity contribution in [1.29, 1.82) is 0 Å². The summed E-state index contributed by atoms with van der Waals surface area (Å²) in [5, 5.41) is 1.84. The van der Waals surface area contributed by atoms with Crippen molar-refractivity contribution in [2.75, 3.05) is 21.3 Å². The molecule has 38 heavy (non-hydrogen) atoms. The van der Waals surface area contributed by atoms with E-state index in [0.29, 0.717) is 56.7 Å². The molecule has 2 fully saturated rings. The van der Waals surface area contributed by atoms with Gasteiger partial charge >= 0.3 is 0 Å². The zero-order valence-electron chi connectivity index (χ0n) is 21.8. The summed E-state index contributed by atoms with van der Waals surface area (Å²) in [6.45, 7) is 4.17. The van der Waals surface area contributed by atoms with Crippen LogP contribution in [0.25, 0.3) is 16.5 Å². The highest BCUT2D eigenvalue weighted by Crippen LogP contribution is 2.74. The van der Waals surface area contributed by atoms with Crippen LogP contribution < -0.4 is 24.7 Å². The van der Waals surface area contributed by atoms with Gasteiger partial charge in [0.25, 0.3) is 5.79 Å². The summed E-state index contributed by atoms with van der Waals surface area (Å²) < 4.78 is 31.2. The maximum atomic E-state index is 14.0. The molecule has 1 spiro atoms. The minimum absolute atomic E-state index is 0.00272. The van der Waals surface area contributed by atoms with Crippen molar-refractivity contribution in [2.24, 2.45) is 17.6 Å². The van der Waals surface area contributed by atoms with E-state index in [-0.39, 0.29) is 23.7 Å². The number of carbonyl (C=O) groups excluding carboxylic acids is 1. The van der Waals surface area contributed by atoms with Gasteiger partial charge in [-0.3, -0.25) is 4.79 Å². The molecule has 196 valence electrons. The quantitative estimate of drug-likeness (QED) is 0.486. The minimum atomic E-state index is -1.33. The molecule has 1 saturated carbocycles. The molecule has 2 aliphatic carbocycles. The second kappa shape index (κ2) is 7.58. The maximum Gasteiger partial charge on any atom is 0.253 e. The highest BCUT2D eigenvalue weighted by atomic mass is 35.5. The number of hydrogen-bond acceptors (Lipinski definition) is 7. The molecule has 7 nitrogen and oxygen atoms in total. The van der Waals surface area contributed by atoms with Crippen LogP contribution in [0.15, 0.2) is 42.0 Å². The Morgan fingerprint density at radius 3 is 2.50 bits per heavy atom. The van der Waals surface area contributed by atoms with Gasteiger partial charge in [-0.15, -0.1) is 0 Å². The summed E-state index contributed by atoms with van der Waals surface area (Å²) in [6.07, 6.45) is 0.167. The minimum Gasteiger partial charge on any atom is -0.496 e. The number of nitrogens with two attached hydrogens (primary N) is 1. The Morgan fingerprint density at radius 2 is 1.79 bits per heavy atom. The van der Waals surface area contributed by atoms with Crippen molar-refractivity contribution in [2.45, 2.75) is 37.6 Å². The zero-order valence-corrected chi connectivity index (χ0v) is 22.6. The van der Waals surface area contributed by atoms with E-state index >= 15 is 0 Å². The van der Waals surface area contributed by atoms with Crippen LogP contribution in [0.4, 0.5) is 0 Å². The number of ether oxygens (including phenoxy) is 5. The van der Waals surface area contributed by atoms with Gasteiger partial charge in [-0.25, -0.2) is 0 Å². The summed E-state index contributed by atoms with van der Waals surface area (Å²) in [7, 11) is 4.77. The molecular weight excluding hydrogens is 506 g/mol. The van der Waals surface area contributed by atoms with Crippen molar-refractivity contribution in [3.05, 3.63) is 63.7 Å². The first-order chi connectivity index (χ1) is 18.3. The summed E-state index contributed by atoms with van der Waals surface area (Å²) in [5.74, 6) is 0.801. The normalized spacial score (nSPS) is 30.4. The molecule has 0 unspecified atom stereocenters. The Balaban J connectivity index is 1.70. The molecule has 3 aromatic rings. The molecule has 0 bridgehead atoms. The van der Waals surface area contributed by atoms with Gasteiger partial charge in [-0.2, -0.15) is 0 Å². The van der Waals surface area contributed by atoms with Crippen LogP contribution in [0.3, 0.4) is 0 Å². The molecule has 5 atom stereocenters. The van der Waals surface area contributed by atoms with Crippen LogP contribution in [0.1, 0.15) is 37.0 Å². The van der Waals surface area contributed by atoms with Crippen molar-refractivity contribution in [3.8, 4) is 23.0 Å². The van der Waals surface area contributed by atoms with Gasteiger partial charge in [-0.05, 0) is 25.0 Å². The fourth-order valence-corrected chi connectivity index (χ4v) is 8.22. The summed E-state index contributed by atoms with van der Waals surface area (Å²) in [5.41, 5.74) is 9.16. The van der Waals surface area contributed by atoms with E-state index in [1.807, 2.05) is 30.3 Å². The predicted molar refractivity (Wildman–Crippen MR) is 143 cm³/mol. The Morgan fingerprint density at radius 1 is 1.03 bits per heavy atom. The largest absolute Gasteiger partial charge is 0.496 e. The topological polar surface area (TPSA) is 89.2 Å². The Bertz CT molecular complexity index is 1610. The fourth-order valence-electron chi connectivity index (χ4n) is 7.95. The number of ketones is 1. The average molecular weight is 534 g/mol. The third-order valence-corrected chi connectivity index (χ3v) is 9.31. The van der Waals surface area contributed by atoms with Crippen LogP contribution in [0, 0.1) is 11.8 Å². The molecule has 2 aliphatic heterocycles. The molecule has 8 heteroatoms. The van der Waals surface area contributed by atoms with E-state index < -0.39 is 11.2 Å². The number of methoxy groups -OCH3 is 3. The number of hydrogen-bond donors (Lipinski definition) is 1. The maximum absolute atomic E-state index is 14.0. The summed E-state index contributed by atoms with van der Waals surface area (Å²) in [4.78, 5) is 14.0.